The molecule has 178 valence electrons. The van der Waals surface area contributed by atoms with Gasteiger partial charge < -0.3 is 19.5 Å². The second kappa shape index (κ2) is 10.4. The number of para-hydroxylation sites is 1. The van der Waals surface area contributed by atoms with Crippen molar-refractivity contribution in [2.24, 2.45) is 5.41 Å². The molecule has 1 aromatic carbocycles. The molecule has 1 fully saturated rings. The van der Waals surface area contributed by atoms with Crippen molar-refractivity contribution >= 4 is 11.8 Å². The van der Waals surface area contributed by atoms with Gasteiger partial charge in [0.2, 0.25) is 11.8 Å². The van der Waals surface area contributed by atoms with Crippen molar-refractivity contribution in [1.82, 2.24) is 19.8 Å². The molecule has 1 aromatic heterocycles. The van der Waals surface area contributed by atoms with E-state index in [-0.39, 0.29) is 17.9 Å². The maximum atomic E-state index is 13.4. The normalized spacial score (nSPS) is 21.3. The number of nitrogens with zero attached hydrogens (tertiary/aromatic N) is 3. The van der Waals surface area contributed by atoms with Gasteiger partial charge in [0, 0.05) is 38.4 Å². The molecule has 2 aliphatic rings. The highest BCUT2D eigenvalue weighted by molar-refractivity contribution is 5.83. The molecular formula is C26H36N4O3. The number of hydrogen-bond donors (Lipinski definition) is 1. The average Bonchev–Trinajstić information content (AvgIpc) is 3.23. The Morgan fingerprint density at radius 1 is 1.21 bits per heavy atom. The van der Waals surface area contributed by atoms with E-state index in [1.807, 2.05) is 41.6 Å². The predicted octanol–water partition coefficient (Wildman–Crippen LogP) is 3.50. The zero-order valence-corrected chi connectivity index (χ0v) is 19.9. The number of aromatic nitrogens is 2. The maximum Gasteiger partial charge on any atom is 0.226 e. The van der Waals surface area contributed by atoms with Crippen LogP contribution in [0, 0.1) is 12.3 Å². The van der Waals surface area contributed by atoms with E-state index in [2.05, 4.69) is 22.4 Å². The van der Waals surface area contributed by atoms with Crippen LogP contribution in [0.1, 0.15) is 56.8 Å². The Balaban J connectivity index is 1.37. The summed E-state index contributed by atoms with van der Waals surface area (Å²) in [5.74, 6) is 2.12. The van der Waals surface area contributed by atoms with Gasteiger partial charge in [0.25, 0.3) is 0 Å². The molecule has 2 amide bonds. The van der Waals surface area contributed by atoms with Gasteiger partial charge in [-0.3, -0.25) is 9.59 Å². The molecule has 0 unspecified atom stereocenters. The third-order valence-corrected chi connectivity index (χ3v) is 7.24. The summed E-state index contributed by atoms with van der Waals surface area (Å²) in [5.41, 5.74) is 0.837. The molecular weight excluding hydrogens is 416 g/mol. The quantitative estimate of drug-likeness (QED) is 0.773. The van der Waals surface area contributed by atoms with Gasteiger partial charge in [-0.25, -0.2) is 4.98 Å². The van der Waals surface area contributed by atoms with Gasteiger partial charge in [0.05, 0.1) is 11.5 Å². The molecule has 0 saturated carbocycles. The van der Waals surface area contributed by atoms with E-state index in [1.165, 1.54) is 5.56 Å². The summed E-state index contributed by atoms with van der Waals surface area (Å²) in [5, 5.41) is 3.21. The van der Waals surface area contributed by atoms with Gasteiger partial charge in [-0.15, -0.1) is 0 Å². The molecule has 0 radical (unpaired) electrons. The highest BCUT2D eigenvalue weighted by Gasteiger charge is 2.42. The molecule has 1 atom stereocenters. The number of nitrogens with one attached hydrogen (secondary N) is 1. The van der Waals surface area contributed by atoms with Gasteiger partial charge in [-0.1, -0.05) is 24.6 Å². The fourth-order valence-corrected chi connectivity index (χ4v) is 5.05. The Labute approximate surface area is 196 Å². The minimum atomic E-state index is -0.398. The van der Waals surface area contributed by atoms with Crippen molar-refractivity contribution in [2.75, 3.05) is 19.7 Å². The Morgan fingerprint density at radius 3 is 2.76 bits per heavy atom. The second-order valence-electron chi connectivity index (χ2n) is 9.58. The summed E-state index contributed by atoms with van der Waals surface area (Å²) in [6, 6.07) is 8.13. The molecule has 7 nitrogen and oxygen atoms in total. The van der Waals surface area contributed by atoms with Crippen molar-refractivity contribution in [2.45, 2.75) is 71.4 Å². The van der Waals surface area contributed by atoms with Gasteiger partial charge in [-0.2, -0.15) is 0 Å². The fraction of sp³-hybridized carbons (Fsp3) is 0.577. The van der Waals surface area contributed by atoms with E-state index in [0.717, 1.165) is 50.1 Å². The SMILES string of the molecule is Cc1nccn1CCC(=O)N1CCC2(CCCCc3ccccc3OC[C@H](C)NC2=O)CC1. The van der Waals surface area contributed by atoms with Crippen molar-refractivity contribution in [3.05, 3.63) is 48.0 Å². The van der Waals surface area contributed by atoms with Gasteiger partial charge in [-0.05, 0) is 57.6 Å². The Kier molecular flexibility index (Phi) is 7.36. The van der Waals surface area contributed by atoms with Crippen LogP contribution in [-0.4, -0.2) is 52.0 Å². The number of imidazole rings is 1. The first-order chi connectivity index (χ1) is 16.0. The van der Waals surface area contributed by atoms with Crippen LogP contribution < -0.4 is 10.1 Å². The minimum Gasteiger partial charge on any atom is -0.491 e. The molecule has 1 spiro atoms. The average molecular weight is 453 g/mol. The molecule has 2 aromatic rings. The van der Waals surface area contributed by atoms with Crippen molar-refractivity contribution in [1.29, 1.82) is 0 Å². The van der Waals surface area contributed by atoms with Crippen molar-refractivity contribution in [3.8, 4) is 5.75 Å². The lowest BCUT2D eigenvalue weighted by molar-refractivity contribution is -0.141. The number of amides is 2. The molecule has 1 saturated heterocycles. The number of ether oxygens (including phenoxy) is 1. The largest absolute Gasteiger partial charge is 0.491 e. The number of carbonyl (C=O) groups is 2. The number of likely N-dealkylation sites (tertiary alicyclic amines) is 1. The predicted molar refractivity (Wildman–Crippen MR) is 127 cm³/mol. The highest BCUT2D eigenvalue weighted by atomic mass is 16.5. The summed E-state index contributed by atoms with van der Waals surface area (Å²) < 4.78 is 8.04. The summed E-state index contributed by atoms with van der Waals surface area (Å²) >= 11 is 0. The zero-order chi connectivity index (χ0) is 23.3. The summed E-state index contributed by atoms with van der Waals surface area (Å²) in [7, 11) is 0. The van der Waals surface area contributed by atoms with Crippen LogP contribution in [0.3, 0.4) is 0 Å². The number of aryl methyl sites for hydroxylation is 3. The van der Waals surface area contributed by atoms with Crippen molar-refractivity contribution < 1.29 is 14.3 Å². The van der Waals surface area contributed by atoms with Crippen LogP contribution in [0.25, 0.3) is 0 Å². The number of hydrogen-bond acceptors (Lipinski definition) is 4. The first-order valence-corrected chi connectivity index (χ1v) is 12.2. The van der Waals surface area contributed by atoms with Crippen LogP contribution >= 0.6 is 0 Å². The lowest BCUT2D eigenvalue weighted by atomic mass is 9.73. The minimum absolute atomic E-state index is 0.0695. The van der Waals surface area contributed by atoms with Crippen LogP contribution in [-0.2, 0) is 22.6 Å². The highest BCUT2D eigenvalue weighted by Crippen LogP contribution is 2.38. The standard InChI is InChI=1S/C26H36N4O3/c1-20-19-33-23-9-4-3-7-22(23)8-5-6-11-26(25(32)28-20)12-16-30(17-13-26)24(31)10-15-29-18-14-27-21(29)2/h3-4,7,9,14,18,20H,5-6,8,10-13,15-17,19H2,1-2H3,(H,28,32)/t20-/m0/s1. The number of piperidine rings is 1. The molecule has 2 aliphatic heterocycles. The number of fused-ring (bicyclic) bond motifs is 1. The molecule has 4 rings (SSSR count). The van der Waals surface area contributed by atoms with E-state index in [4.69, 9.17) is 4.74 Å². The first-order valence-electron chi connectivity index (χ1n) is 12.2. The number of benzene rings is 1. The zero-order valence-electron chi connectivity index (χ0n) is 19.9. The van der Waals surface area contributed by atoms with Gasteiger partial charge >= 0.3 is 0 Å². The van der Waals surface area contributed by atoms with E-state index in [0.29, 0.717) is 32.7 Å². The van der Waals surface area contributed by atoms with Crippen LogP contribution in [0.15, 0.2) is 36.7 Å². The molecule has 33 heavy (non-hydrogen) atoms. The van der Waals surface area contributed by atoms with E-state index >= 15 is 0 Å². The Hall–Kier alpha value is -2.83. The fourth-order valence-electron chi connectivity index (χ4n) is 5.05. The van der Waals surface area contributed by atoms with Crippen LogP contribution in [0.2, 0.25) is 0 Å². The number of rotatable bonds is 3. The lowest BCUT2D eigenvalue weighted by Gasteiger charge is -2.41. The van der Waals surface area contributed by atoms with Crippen LogP contribution in [0.4, 0.5) is 0 Å². The summed E-state index contributed by atoms with van der Waals surface area (Å²) in [4.78, 5) is 32.3. The molecule has 7 heteroatoms. The van der Waals surface area contributed by atoms with E-state index < -0.39 is 5.41 Å². The van der Waals surface area contributed by atoms with E-state index in [1.54, 1.807) is 6.20 Å². The summed E-state index contributed by atoms with van der Waals surface area (Å²) in [6.45, 7) is 6.33. The van der Waals surface area contributed by atoms with Crippen molar-refractivity contribution in [3.63, 3.8) is 0 Å². The molecule has 0 bridgehead atoms. The maximum absolute atomic E-state index is 13.4. The number of carbonyl (C=O) groups excluding carboxylic acids is 2. The third kappa shape index (κ3) is 5.57. The molecule has 1 N–H and O–H groups in total. The Bertz CT molecular complexity index is 962. The third-order valence-electron chi connectivity index (χ3n) is 7.24. The van der Waals surface area contributed by atoms with Crippen LogP contribution in [0.5, 0.6) is 5.75 Å². The van der Waals surface area contributed by atoms with E-state index in [9.17, 15) is 9.59 Å². The molecule has 0 aliphatic carbocycles. The second-order valence-corrected chi connectivity index (χ2v) is 9.58. The molecule has 3 heterocycles. The van der Waals surface area contributed by atoms with Gasteiger partial charge in [0.1, 0.15) is 18.2 Å². The Morgan fingerprint density at radius 2 is 2.00 bits per heavy atom. The smallest absolute Gasteiger partial charge is 0.226 e. The first kappa shape index (κ1) is 23.3. The summed E-state index contributed by atoms with van der Waals surface area (Å²) in [6.07, 6.45) is 9.42. The topological polar surface area (TPSA) is 76.5 Å². The lowest BCUT2D eigenvalue weighted by Crippen LogP contribution is -2.52. The monoisotopic (exact) mass is 452 g/mol. The van der Waals surface area contributed by atoms with Gasteiger partial charge in [0.15, 0.2) is 0 Å².